The SMILES string of the molecule is CO[C@@H]1C=CCS[C@]12C=CC(=O)N2c1ccccc1. The third-order valence-corrected chi connectivity index (χ3v) is 4.80. The summed E-state index contributed by atoms with van der Waals surface area (Å²) in [6, 6.07) is 9.75. The molecule has 2 aliphatic heterocycles. The monoisotopic (exact) mass is 273 g/mol. The highest BCUT2D eigenvalue weighted by Crippen LogP contribution is 2.44. The molecule has 19 heavy (non-hydrogen) atoms. The van der Waals surface area contributed by atoms with Crippen LogP contribution in [0.3, 0.4) is 0 Å². The molecule has 0 unspecified atom stereocenters. The normalized spacial score (nSPS) is 29.4. The van der Waals surface area contributed by atoms with Crippen molar-refractivity contribution >= 4 is 23.4 Å². The molecule has 0 aromatic heterocycles. The van der Waals surface area contributed by atoms with E-state index in [0.29, 0.717) is 0 Å². The maximum Gasteiger partial charge on any atom is 0.252 e. The second-order valence-corrected chi connectivity index (χ2v) is 5.77. The van der Waals surface area contributed by atoms with Gasteiger partial charge in [-0.25, -0.2) is 0 Å². The van der Waals surface area contributed by atoms with Gasteiger partial charge in [0.05, 0.1) is 0 Å². The van der Waals surface area contributed by atoms with E-state index in [-0.39, 0.29) is 12.0 Å². The topological polar surface area (TPSA) is 29.5 Å². The Balaban J connectivity index is 2.07. The molecule has 4 heteroatoms. The lowest BCUT2D eigenvalue weighted by Gasteiger charge is -2.42. The van der Waals surface area contributed by atoms with E-state index in [9.17, 15) is 4.79 Å². The molecule has 0 N–H and O–H groups in total. The maximum atomic E-state index is 12.3. The summed E-state index contributed by atoms with van der Waals surface area (Å²) in [5.74, 6) is 0.886. The number of hydrogen-bond acceptors (Lipinski definition) is 3. The smallest absolute Gasteiger partial charge is 0.252 e. The van der Waals surface area contributed by atoms with Gasteiger partial charge < -0.3 is 4.74 Å². The highest BCUT2D eigenvalue weighted by Gasteiger charge is 2.49. The first-order chi connectivity index (χ1) is 9.28. The number of hydrogen-bond donors (Lipinski definition) is 0. The van der Waals surface area contributed by atoms with Crippen LogP contribution in [0.4, 0.5) is 5.69 Å². The van der Waals surface area contributed by atoms with Crippen LogP contribution in [0.1, 0.15) is 0 Å². The Bertz CT molecular complexity index is 540. The highest BCUT2D eigenvalue weighted by atomic mass is 32.2. The van der Waals surface area contributed by atoms with Crippen LogP contribution in [-0.4, -0.2) is 29.7 Å². The van der Waals surface area contributed by atoms with E-state index in [1.54, 1.807) is 24.9 Å². The molecule has 0 aliphatic carbocycles. The highest BCUT2D eigenvalue weighted by molar-refractivity contribution is 8.01. The zero-order chi connectivity index (χ0) is 13.3. The lowest BCUT2D eigenvalue weighted by atomic mass is 10.1. The molecule has 1 aromatic carbocycles. The van der Waals surface area contributed by atoms with Crippen molar-refractivity contribution in [2.75, 3.05) is 17.8 Å². The lowest BCUT2D eigenvalue weighted by molar-refractivity contribution is -0.114. The Labute approximate surface area is 116 Å². The molecule has 0 bridgehead atoms. The van der Waals surface area contributed by atoms with Crippen molar-refractivity contribution in [1.29, 1.82) is 0 Å². The fraction of sp³-hybridized carbons (Fsp3) is 0.267. The van der Waals surface area contributed by atoms with Crippen LogP contribution in [0, 0.1) is 0 Å². The summed E-state index contributed by atoms with van der Waals surface area (Å²) in [4.78, 5) is 13.6. The van der Waals surface area contributed by atoms with Crippen LogP contribution in [0.5, 0.6) is 0 Å². The number of methoxy groups -OCH3 is 1. The molecular weight excluding hydrogens is 258 g/mol. The second-order valence-electron chi connectivity index (χ2n) is 4.49. The van der Waals surface area contributed by atoms with Crippen LogP contribution in [-0.2, 0) is 9.53 Å². The average molecular weight is 273 g/mol. The van der Waals surface area contributed by atoms with Gasteiger partial charge in [0.25, 0.3) is 5.91 Å². The van der Waals surface area contributed by atoms with Gasteiger partial charge in [-0.05, 0) is 18.2 Å². The molecule has 2 aliphatic rings. The standard InChI is InChI=1S/C15H15NO2S/c1-18-13-8-5-11-19-15(13)10-9-14(17)16(15)12-6-3-2-4-7-12/h2-10,13H,11H2,1H3/t13-,15-/m1/s1. The first-order valence-corrected chi connectivity index (χ1v) is 7.18. The van der Waals surface area contributed by atoms with E-state index >= 15 is 0 Å². The van der Waals surface area contributed by atoms with Gasteiger partial charge >= 0.3 is 0 Å². The predicted octanol–water partition coefficient (Wildman–Crippen LogP) is 2.60. The van der Waals surface area contributed by atoms with E-state index in [0.717, 1.165) is 11.4 Å². The first-order valence-electron chi connectivity index (χ1n) is 6.20. The number of rotatable bonds is 2. The zero-order valence-electron chi connectivity index (χ0n) is 10.7. The van der Waals surface area contributed by atoms with Gasteiger partial charge in [-0.2, -0.15) is 0 Å². The Kier molecular flexibility index (Phi) is 3.21. The quantitative estimate of drug-likeness (QED) is 0.776. The summed E-state index contributed by atoms with van der Waals surface area (Å²) in [5, 5.41) is 0. The van der Waals surface area contributed by atoms with Crippen LogP contribution in [0.2, 0.25) is 0 Å². The number of thioether (sulfide) groups is 1. The van der Waals surface area contributed by atoms with E-state index in [1.165, 1.54) is 0 Å². The van der Waals surface area contributed by atoms with E-state index in [2.05, 4.69) is 6.08 Å². The van der Waals surface area contributed by atoms with E-state index in [4.69, 9.17) is 4.74 Å². The third-order valence-electron chi connectivity index (χ3n) is 3.43. The van der Waals surface area contributed by atoms with Gasteiger partial charge in [-0.15, -0.1) is 11.8 Å². The van der Waals surface area contributed by atoms with Gasteiger partial charge in [-0.3, -0.25) is 9.69 Å². The van der Waals surface area contributed by atoms with Gasteiger partial charge in [0.15, 0.2) is 0 Å². The summed E-state index contributed by atoms with van der Waals surface area (Å²) in [6.07, 6.45) is 7.60. The Morgan fingerprint density at radius 3 is 2.89 bits per heavy atom. The Hall–Kier alpha value is -1.52. The minimum absolute atomic E-state index is 0.0102. The molecule has 0 radical (unpaired) electrons. The van der Waals surface area contributed by atoms with Crippen molar-refractivity contribution in [1.82, 2.24) is 0 Å². The fourth-order valence-electron chi connectivity index (χ4n) is 2.58. The van der Waals surface area contributed by atoms with Crippen LogP contribution in [0.25, 0.3) is 0 Å². The molecular formula is C15H15NO2S. The minimum atomic E-state index is -0.456. The molecule has 1 aromatic rings. The van der Waals surface area contributed by atoms with Crippen molar-refractivity contribution in [3.05, 3.63) is 54.6 Å². The van der Waals surface area contributed by atoms with Crippen molar-refractivity contribution in [2.24, 2.45) is 0 Å². The summed E-state index contributed by atoms with van der Waals surface area (Å²) >= 11 is 1.72. The molecule has 1 spiro atoms. The minimum Gasteiger partial charge on any atom is -0.374 e. The summed E-state index contributed by atoms with van der Waals surface area (Å²) < 4.78 is 5.58. The molecule has 3 nitrogen and oxygen atoms in total. The first kappa shape index (κ1) is 12.5. The fourth-order valence-corrected chi connectivity index (χ4v) is 3.88. The number of amides is 1. The second kappa shape index (κ2) is 4.87. The van der Waals surface area contributed by atoms with Crippen molar-refractivity contribution in [2.45, 2.75) is 11.0 Å². The Morgan fingerprint density at radius 1 is 1.37 bits per heavy atom. The van der Waals surface area contributed by atoms with Gasteiger partial charge in [0, 0.05) is 24.6 Å². The van der Waals surface area contributed by atoms with Crippen LogP contribution in [0.15, 0.2) is 54.6 Å². The zero-order valence-corrected chi connectivity index (χ0v) is 11.5. The lowest BCUT2D eigenvalue weighted by Crippen LogP contribution is -2.53. The number of para-hydroxylation sites is 1. The summed E-state index contributed by atoms with van der Waals surface area (Å²) in [6.45, 7) is 0. The molecule has 3 rings (SSSR count). The predicted molar refractivity (Wildman–Crippen MR) is 78.2 cm³/mol. The molecule has 2 heterocycles. The summed E-state index contributed by atoms with van der Waals surface area (Å²) in [7, 11) is 1.68. The molecule has 2 atom stereocenters. The van der Waals surface area contributed by atoms with Crippen LogP contribution >= 0.6 is 11.8 Å². The maximum absolute atomic E-state index is 12.3. The van der Waals surface area contributed by atoms with Crippen molar-refractivity contribution < 1.29 is 9.53 Å². The van der Waals surface area contributed by atoms with Crippen molar-refractivity contribution in [3.63, 3.8) is 0 Å². The number of nitrogens with zero attached hydrogens (tertiary/aromatic N) is 1. The van der Waals surface area contributed by atoms with E-state index in [1.807, 2.05) is 47.4 Å². The molecule has 1 amide bonds. The number of carbonyl (C=O) groups excluding carboxylic acids is 1. The molecule has 98 valence electrons. The number of benzene rings is 1. The molecule has 0 saturated heterocycles. The molecule has 0 saturated carbocycles. The van der Waals surface area contributed by atoms with Crippen LogP contribution < -0.4 is 4.90 Å². The Morgan fingerprint density at radius 2 is 2.16 bits per heavy atom. The number of anilines is 1. The summed E-state index contributed by atoms with van der Waals surface area (Å²) in [5.41, 5.74) is 0.905. The van der Waals surface area contributed by atoms with Crippen molar-refractivity contribution in [3.8, 4) is 0 Å². The van der Waals surface area contributed by atoms with Gasteiger partial charge in [0.2, 0.25) is 0 Å². The largest absolute Gasteiger partial charge is 0.374 e. The van der Waals surface area contributed by atoms with E-state index < -0.39 is 4.87 Å². The van der Waals surface area contributed by atoms with Gasteiger partial charge in [-0.1, -0.05) is 30.4 Å². The van der Waals surface area contributed by atoms with Gasteiger partial charge in [0.1, 0.15) is 11.0 Å². The number of ether oxygens (including phenoxy) is 1. The average Bonchev–Trinajstić information content (AvgIpc) is 2.78. The molecule has 0 fully saturated rings. The number of carbonyl (C=O) groups is 1. The third kappa shape index (κ3) is 1.91.